The van der Waals surface area contributed by atoms with Crippen molar-refractivity contribution in [2.24, 2.45) is 0 Å². The van der Waals surface area contributed by atoms with Crippen LogP contribution in [0.5, 0.6) is 0 Å². The van der Waals surface area contributed by atoms with Gasteiger partial charge in [-0.25, -0.2) is 0 Å². The Kier molecular flexibility index (Phi) is 7.65. The molecule has 0 saturated heterocycles. The van der Waals surface area contributed by atoms with Gasteiger partial charge in [-0.15, -0.1) is 0 Å². The van der Waals surface area contributed by atoms with Crippen LogP contribution in [0.4, 0.5) is 17.1 Å². The Balaban J connectivity index is 1.30. The van der Waals surface area contributed by atoms with E-state index < -0.39 is 5.41 Å². The Morgan fingerprint density at radius 1 is 0.453 bits per heavy atom. The van der Waals surface area contributed by atoms with Crippen LogP contribution in [0.2, 0.25) is 0 Å². The molecule has 0 saturated carbocycles. The maximum absolute atomic E-state index is 2.52. The Morgan fingerprint density at radius 2 is 1.09 bits per heavy atom. The van der Waals surface area contributed by atoms with E-state index in [1.807, 2.05) is 0 Å². The highest BCUT2D eigenvalue weighted by Crippen LogP contribution is 2.65. The van der Waals surface area contributed by atoms with Crippen LogP contribution < -0.4 is 4.90 Å². The summed E-state index contributed by atoms with van der Waals surface area (Å²) in [6.45, 7) is 0. The van der Waals surface area contributed by atoms with Crippen LogP contribution >= 0.6 is 0 Å². The van der Waals surface area contributed by atoms with E-state index in [1.165, 1.54) is 72.5 Å². The number of fused-ring (bicyclic) bond motifs is 9. The molecule has 53 heavy (non-hydrogen) atoms. The van der Waals surface area contributed by atoms with E-state index in [0.29, 0.717) is 0 Å². The van der Waals surface area contributed by atoms with Crippen molar-refractivity contribution in [3.05, 3.63) is 234 Å². The number of benzene rings is 6. The van der Waals surface area contributed by atoms with E-state index in [1.54, 1.807) is 0 Å². The summed E-state index contributed by atoms with van der Waals surface area (Å²) in [4.78, 5) is 2.52. The molecule has 4 aliphatic rings. The minimum absolute atomic E-state index is 0.421. The van der Waals surface area contributed by atoms with Gasteiger partial charge in [0.15, 0.2) is 0 Å². The lowest BCUT2D eigenvalue weighted by molar-refractivity contribution is 0.782. The van der Waals surface area contributed by atoms with Crippen LogP contribution in [0.3, 0.4) is 0 Å². The largest absolute Gasteiger partial charge is 0.309 e. The Bertz CT molecular complexity index is 2580. The number of anilines is 3. The highest BCUT2D eigenvalue weighted by molar-refractivity contribution is 6.06. The first kappa shape index (κ1) is 31.3. The molecule has 0 radical (unpaired) electrons. The molecule has 0 heterocycles. The predicted molar refractivity (Wildman–Crippen MR) is 223 cm³/mol. The summed E-state index contributed by atoms with van der Waals surface area (Å²) in [7, 11) is 0. The lowest BCUT2D eigenvalue weighted by Gasteiger charge is -2.34. The molecule has 6 aromatic rings. The summed E-state index contributed by atoms with van der Waals surface area (Å²) in [5, 5.41) is 0. The highest BCUT2D eigenvalue weighted by atomic mass is 15.1. The van der Waals surface area contributed by atoms with Crippen molar-refractivity contribution in [2.45, 2.75) is 24.7 Å². The molecular formula is C52H39N. The number of para-hydroxylation sites is 1. The molecule has 1 heteroatoms. The lowest BCUT2D eigenvalue weighted by Crippen LogP contribution is -2.27. The Labute approximate surface area is 312 Å². The van der Waals surface area contributed by atoms with Crippen LogP contribution in [-0.4, -0.2) is 0 Å². The van der Waals surface area contributed by atoms with E-state index in [-0.39, 0.29) is 0 Å². The third kappa shape index (κ3) is 4.92. The minimum Gasteiger partial charge on any atom is -0.309 e. The minimum atomic E-state index is -0.421. The zero-order valence-electron chi connectivity index (χ0n) is 29.6. The average molecular weight is 678 g/mol. The lowest BCUT2D eigenvalue weighted by atomic mass is 9.69. The van der Waals surface area contributed by atoms with Gasteiger partial charge in [-0.05, 0) is 99.2 Å². The zero-order chi connectivity index (χ0) is 35.2. The van der Waals surface area contributed by atoms with Crippen molar-refractivity contribution in [3.8, 4) is 22.3 Å². The molecule has 4 aliphatic carbocycles. The second-order valence-electron chi connectivity index (χ2n) is 14.2. The van der Waals surface area contributed by atoms with Gasteiger partial charge in [-0.2, -0.15) is 0 Å². The molecule has 0 N–H and O–H groups in total. The third-order valence-electron chi connectivity index (χ3n) is 11.3. The van der Waals surface area contributed by atoms with Gasteiger partial charge >= 0.3 is 0 Å². The number of rotatable bonds is 5. The molecule has 10 rings (SSSR count). The van der Waals surface area contributed by atoms with E-state index in [9.17, 15) is 0 Å². The normalized spacial score (nSPS) is 18.6. The van der Waals surface area contributed by atoms with Crippen molar-refractivity contribution in [3.63, 3.8) is 0 Å². The van der Waals surface area contributed by atoms with Gasteiger partial charge < -0.3 is 4.90 Å². The van der Waals surface area contributed by atoms with Gasteiger partial charge in [0.1, 0.15) is 0 Å². The van der Waals surface area contributed by atoms with E-state index in [2.05, 4.69) is 205 Å². The predicted octanol–water partition coefficient (Wildman–Crippen LogP) is 13.7. The fraction of sp³-hybridized carbons (Fsp3) is 0.0769. The van der Waals surface area contributed by atoms with Gasteiger partial charge in [0, 0.05) is 16.8 Å². The van der Waals surface area contributed by atoms with Crippen molar-refractivity contribution in [1.82, 2.24) is 0 Å². The smallest absolute Gasteiger partial charge is 0.0723 e. The van der Waals surface area contributed by atoms with Crippen LogP contribution in [0.25, 0.3) is 33.4 Å². The zero-order valence-corrected chi connectivity index (χ0v) is 29.6. The van der Waals surface area contributed by atoms with E-state index in [4.69, 9.17) is 0 Å². The number of hydrogen-bond donors (Lipinski definition) is 0. The Hall–Kier alpha value is -6.44. The first-order valence-corrected chi connectivity index (χ1v) is 18.8. The summed E-state index contributed by atoms with van der Waals surface area (Å²) < 4.78 is 0. The van der Waals surface area contributed by atoms with E-state index in [0.717, 1.165) is 30.6 Å². The van der Waals surface area contributed by atoms with Gasteiger partial charge in [0.25, 0.3) is 0 Å². The topological polar surface area (TPSA) is 3.24 Å². The number of allylic oxidation sites excluding steroid dienone is 12. The molecule has 1 nitrogen and oxygen atoms in total. The third-order valence-corrected chi connectivity index (χ3v) is 11.3. The first-order chi connectivity index (χ1) is 26.3. The molecule has 0 amide bonds. The number of nitrogens with zero attached hydrogens (tertiary/aromatic N) is 1. The Morgan fingerprint density at radius 3 is 1.94 bits per heavy atom. The first-order valence-electron chi connectivity index (χ1n) is 18.8. The second kappa shape index (κ2) is 13.0. The quantitative estimate of drug-likeness (QED) is 0.164. The molecule has 1 unspecified atom stereocenters. The van der Waals surface area contributed by atoms with Crippen molar-refractivity contribution >= 4 is 28.2 Å². The average Bonchev–Trinajstić information content (AvgIpc) is 3.48. The molecule has 0 aliphatic heterocycles. The van der Waals surface area contributed by atoms with Crippen molar-refractivity contribution < 1.29 is 0 Å². The van der Waals surface area contributed by atoms with Crippen LogP contribution in [0.1, 0.15) is 41.5 Å². The summed E-state index contributed by atoms with van der Waals surface area (Å²) in [6, 6.07) is 55.7. The summed E-state index contributed by atoms with van der Waals surface area (Å²) >= 11 is 0. The molecule has 6 aromatic carbocycles. The summed E-state index contributed by atoms with van der Waals surface area (Å²) in [6.07, 6.45) is 21.9. The van der Waals surface area contributed by atoms with Gasteiger partial charge in [-0.1, -0.05) is 176 Å². The van der Waals surface area contributed by atoms with Gasteiger partial charge in [-0.3, -0.25) is 0 Å². The van der Waals surface area contributed by atoms with E-state index >= 15 is 0 Å². The molecular weight excluding hydrogens is 639 g/mol. The standard InChI is InChI=1S/C52H39N/c1-2-12-30-45-42(27-10-1)43-28-14-16-32-46(43)52(45)47-31-13-5-11-29-44(47)51-48(52)33-19-35-50(51)53(40-25-18-24-39(36-40)37-20-6-3-7-21-37)49-34-17-15-26-41(49)38-22-8-4-9-23-38/h1-4,6-9,11,13-36H,5,10,12H2/b2-1-,42-27?,45-30?. The molecule has 252 valence electrons. The van der Waals surface area contributed by atoms with Gasteiger partial charge in [0.05, 0.1) is 16.8 Å². The maximum atomic E-state index is 2.52. The number of hydrogen-bond acceptors (Lipinski definition) is 1. The highest BCUT2D eigenvalue weighted by Gasteiger charge is 2.54. The fourth-order valence-electron chi connectivity index (χ4n) is 9.20. The summed E-state index contributed by atoms with van der Waals surface area (Å²) in [5.41, 5.74) is 18.7. The molecule has 0 bridgehead atoms. The molecule has 0 aromatic heterocycles. The van der Waals surface area contributed by atoms with Crippen LogP contribution in [0, 0.1) is 0 Å². The second-order valence-corrected chi connectivity index (χ2v) is 14.2. The van der Waals surface area contributed by atoms with Crippen molar-refractivity contribution in [1.29, 1.82) is 0 Å². The maximum Gasteiger partial charge on any atom is 0.0723 e. The van der Waals surface area contributed by atoms with Crippen LogP contribution in [0.15, 0.2) is 211 Å². The monoisotopic (exact) mass is 677 g/mol. The molecule has 0 fully saturated rings. The summed E-state index contributed by atoms with van der Waals surface area (Å²) in [5.74, 6) is 0. The molecule has 1 spiro atoms. The van der Waals surface area contributed by atoms with Gasteiger partial charge in [0.2, 0.25) is 0 Å². The fourth-order valence-corrected chi connectivity index (χ4v) is 9.20. The SMILES string of the molecule is C1=CC2=C(C=CC1)C1(C3=CC/C=C\CC=C3c3ccccc31)c1cccc(N(c3cccc(-c4ccccc4)c3)c3ccccc3-c3ccccc3)c12. The van der Waals surface area contributed by atoms with Crippen molar-refractivity contribution in [2.75, 3.05) is 4.90 Å². The van der Waals surface area contributed by atoms with Crippen LogP contribution in [-0.2, 0) is 5.41 Å². The molecule has 1 atom stereocenters.